The van der Waals surface area contributed by atoms with Crippen LogP contribution in [0.2, 0.25) is 0 Å². The van der Waals surface area contributed by atoms with E-state index in [2.05, 4.69) is 15.9 Å². The number of allylic oxidation sites excluding steroid dienone is 1. The van der Waals surface area contributed by atoms with Gasteiger partial charge in [0.1, 0.15) is 11.5 Å². The summed E-state index contributed by atoms with van der Waals surface area (Å²) in [7, 11) is 0. The van der Waals surface area contributed by atoms with Gasteiger partial charge in [-0.15, -0.1) is 0 Å². The van der Waals surface area contributed by atoms with Crippen LogP contribution in [0.25, 0.3) is 23.0 Å². The van der Waals surface area contributed by atoms with E-state index in [4.69, 9.17) is 4.42 Å². The zero-order valence-electron chi connectivity index (χ0n) is 14.0. The maximum atomic E-state index is 10.9. The molecule has 0 aliphatic rings. The summed E-state index contributed by atoms with van der Waals surface area (Å²) < 4.78 is 6.21. The number of nitrogens with zero attached hydrogens (tertiary/aromatic N) is 3. The zero-order valence-corrected chi connectivity index (χ0v) is 15.6. The lowest BCUT2D eigenvalue weighted by atomic mass is 10.1. The number of benzene rings is 2. The Morgan fingerprint density at radius 2 is 1.75 bits per heavy atom. The summed E-state index contributed by atoms with van der Waals surface area (Å²) in [4.78, 5) is 20.7. The summed E-state index contributed by atoms with van der Waals surface area (Å²) in [5.41, 5.74) is 1.03. The van der Waals surface area contributed by atoms with Crippen LogP contribution >= 0.6 is 15.9 Å². The van der Waals surface area contributed by atoms with Crippen LogP contribution in [0.1, 0.15) is 11.3 Å². The molecule has 1 aromatic heterocycles. The fraction of sp³-hybridized carbons (Fsp3) is 0. The maximum Gasteiger partial charge on any atom is 0.270 e. The van der Waals surface area contributed by atoms with Crippen molar-refractivity contribution in [3.8, 4) is 17.4 Å². The Morgan fingerprint density at radius 3 is 2.39 bits per heavy atom. The van der Waals surface area contributed by atoms with E-state index in [1.807, 2.05) is 6.07 Å². The molecular weight excluding hydrogens is 430 g/mol. The van der Waals surface area contributed by atoms with Gasteiger partial charge in [-0.05, 0) is 45.8 Å². The number of hydrogen-bond donors (Lipinski definition) is 0. The number of nitro groups is 2. The molecule has 3 aromatic rings. The molecule has 9 heteroatoms. The van der Waals surface area contributed by atoms with Gasteiger partial charge in [-0.25, -0.2) is 0 Å². The van der Waals surface area contributed by atoms with Crippen molar-refractivity contribution in [2.24, 2.45) is 0 Å². The van der Waals surface area contributed by atoms with E-state index >= 15 is 0 Å². The van der Waals surface area contributed by atoms with E-state index in [9.17, 15) is 25.5 Å². The average molecular weight is 440 g/mol. The highest BCUT2D eigenvalue weighted by atomic mass is 79.9. The van der Waals surface area contributed by atoms with Gasteiger partial charge in [0, 0.05) is 34.3 Å². The van der Waals surface area contributed by atoms with Gasteiger partial charge in [-0.2, -0.15) is 5.26 Å². The molecule has 2 aromatic carbocycles. The molecule has 0 aliphatic heterocycles. The normalized spacial score (nSPS) is 11.1. The summed E-state index contributed by atoms with van der Waals surface area (Å²) in [6.07, 6.45) is 1.47. The molecule has 0 saturated heterocycles. The molecule has 0 fully saturated rings. The fourth-order valence-electron chi connectivity index (χ4n) is 2.50. The smallest absolute Gasteiger partial charge is 0.270 e. The van der Waals surface area contributed by atoms with E-state index in [1.165, 1.54) is 36.4 Å². The number of non-ortho nitro benzene ring substituents is 2. The van der Waals surface area contributed by atoms with Crippen molar-refractivity contribution >= 4 is 39.0 Å². The predicted octanol–water partition coefficient (Wildman–Crippen LogP) is 5.59. The van der Waals surface area contributed by atoms with Crippen LogP contribution in [0.5, 0.6) is 0 Å². The van der Waals surface area contributed by atoms with Gasteiger partial charge in [0.2, 0.25) is 0 Å². The summed E-state index contributed by atoms with van der Waals surface area (Å²) >= 11 is 3.29. The minimum Gasteiger partial charge on any atom is -0.457 e. The summed E-state index contributed by atoms with van der Waals surface area (Å²) in [5.74, 6) is 0.813. The van der Waals surface area contributed by atoms with Gasteiger partial charge in [0.05, 0.1) is 21.5 Å². The Bertz CT molecular complexity index is 1160. The first kappa shape index (κ1) is 19.0. The standard InChI is InChI=1S/C19H10BrN3O5/c20-18-10-15(23(26)27)4-6-17(18)19-7-5-16(28-19)9-13(11-21)12-2-1-3-14(8-12)22(24)25/h1-10H/b13-9+. The van der Waals surface area contributed by atoms with Gasteiger partial charge < -0.3 is 4.42 Å². The Kier molecular flexibility index (Phi) is 5.33. The largest absolute Gasteiger partial charge is 0.457 e. The Hall–Kier alpha value is -3.77. The quantitative estimate of drug-likeness (QED) is 0.290. The van der Waals surface area contributed by atoms with Crippen molar-refractivity contribution in [2.45, 2.75) is 0 Å². The minimum absolute atomic E-state index is 0.0558. The van der Waals surface area contributed by atoms with Crippen molar-refractivity contribution in [1.82, 2.24) is 0 Å². The van der Waals surface area contributed by atoms with Gasteiger partial charge >= 0.3 is 0 Å². The highest BCUT2D eigenvalue weighted by Gasteiger charge is 2.14. The second kappa shape index (κ2) is 7.85. The molecule has 0 radical (unpaired) electrons. The Labute approximate surface area is 166 Å². The van der Waals surface area contributed by atoms with Crippen LogP contribution in [0.3, 0.4) is 0 Å². The fourth-order valence-corrected chi connectivity index (χ4v) is 3.06. The average Bonchev–Trinajstić information content (AvgIpc) is 3.14. The van der Waals surface area contributed by atoms with Crippen molar-refractivity contribution in [1.29, 1.82) is 5.26 Å². The minimum atomic E-state index is -0.532. The third kappa shape index (κ3) is 3.97. The number of halogens is 1. The molecule has 0 saturated carbocycles. The Balaban J connectivity index is 1.95. The van der Waals surface area contributed by atoms with E-state index in [1.54, 1.807) is 24.3 Å². The molecule has 0 bridgehead atoms. The molecule has 0 aliphatic carbocycles. The first-order valence-electron chi connectivity index (χ1n) is 7.80. The molecule has 0 amide bonds. The number of nitriles is 1. The third-order valence-corrected chi connectivity index (χ3v) is 4.49. The number of furan rings is 1. The summed E-state index contributed by atoms with van der Waals surface area (Å²) in [5, 5.41) is 31.2. The number of hydrogen-bond acceptors (Lipinski definition) is 6. The second-order valence-corrected chi connectivity index (χ2v) is 6.45. The van der Waals surface area contributed by atoms with Crippen molar-refractivity contribution in [2.75, 3.05) is 0 Å². The predicted molar refractivity (Wildman–Crippen MR) is 105 cm³/mol. The van der Waals surface area contributed by atoms with E-state index < -0.39 is 9.85 Å². The van der Waals surface area contributed by atoms with Gasteiger partial charge in [0.25, 0.3) is 11.4 Å². The van der Waals surface area contributed by atoms with E-state index in [0.717, 1.165) is 0 Å². The van der Waals surface area contributed by atoms with Crippen LogP contribution in [0, 0.1) is 31.6 Å². The highest BCUT2D eigenvalue weighted by molar-refractivity contribution is 9.10. The summed E-state index contributed by atoms with van der Waals surface area (Å²) in [6.45, 7) is 0. The van der Waals surface area contributed by atoms with Crippen LogP contribution in [-0.4, -0.2) is 9.85 Å². The monoisotopic (exact) mass is 439 g/mol. The molecule has 3 rings (SSSR count). The second-order valence-electron chi connectivity index (χ2n) is 5.60. The van der Waals surface area contributed by atoms with Crippen LogP contribution in [0.4, 0.5) is 11.4 Å². The SMILES string of the molecule is N#C/C(=C\c1ccc(-c2ccc([N+](=O)[O-])cc2Br)o1)c1cccc([N+](=O)[O-])c1. The van der Waals surface area contributed by atoms with Gasteiger partial charge in [-0.1, -0.05) is 12.1 Å². The van der Waals surface area contributed by atoms with Crippen LogP contribution < -0.4 is 0 Å². The molecular formula is C19H10BrN3O5. The van der Waals surface area contributed by atoms with Crippen molar-refractivity contribution in [3.63, 3.8) is 0 Å². The van der Waals surface area contributed by atoms with E-state index in [0.29, 0.717) is 27.1 Å². The van der Waals surface area contributed by atoms with Crippen LogP contribution in [0.15, 0.2) is 63.5 Å². The first-order chi connectivity index (χ1) is 13.4. The first-order valence-corrected chi connectivity index (χ1v) is 8.59. The lowest BCUT2D eigenvalue weighted by Crippen LogP contribution is -1.89. The maximum absolute atomic E-state index is 10.9. The molecule has 0 atom stereocenters. The van der Waals surface area contributed by atoms with Crippen molar-refractivity contribution in [3.05, 3.63) is 90.6 Å². The molecule has 28 heavy (non-hydrogen) atoms. The topological polar surface area (TPSA) is 123 Å². The lowest BCUT2D eigenvalue weighted by Gasteiger charge is -2.01. The lowest BCUT2D eigenvalue weighted by molar-refractivity contribution is -0.385. The molecule has 0 spiro atoms. The third-order valence-electron chi connectivity index (χ3n) is 3.83. The van der Waals surface area contributed by atoms with E-state index in [-0.39, 0.29) is 16.9 Å². The van der Waals surface area contributed by atoms with Crippen molar-refractivity contribution < 1.29 is 14.3 Å². The molecule has 0 unspecified atom stereocenters. The number of nitro benzene ring substituents is 2. The van der Waals surface area contributed by atoms with Gasteiger partial charge in [-0.3, -0.25) is 20.2 Å². The molecule has 0 N–H and O–H groups in total. The summed E-state index contributed by atoms with van der Waals surface area (Å²) in [6, 6.07) is 15.4. The van der Waals surface area contributed by atoms with Gasteiger partial charge in [0.15, 0.2) is 0 Å². The zero-order chi connectivity index (χ0) is 20.3. The highest BCUT2D eigenvalue weighted by Crippen LogP contribution is 2.33. The molecule has 138 valence electrons. The molecule has 1 heterocycles. The Morgan fingerprint density at radius 1 is 1.04 bits per heavy atom. The number of rotatable bonds is 5. The van der Waals surface area contributed by atoms with Crippen LogP contribution in [-0.2, 0) is 0 Å². The molecule has 8 nitrogen and oxygen atoms in total.